The third-order valence-corrected chi connectivity index (χ3v) is 7.93. The lowest BCUT2D eigenvalue weighted by Crippen LogP contribution is -2.26. The van der Waals surface area contributed by atoms with E-state index in [-0.39, 0.29) is 34.8 Å². The van der Waals surface area contributed by atoms with Crippen LogP contribution in [0.5, 0.6) is 17.2 Å². The summed E-state index contributed by atoms with van der Waals surface area (Å²) in [7, 11) is 0. The summed E-state index contributed by atoms with van der Waals surface area (Å²) in [6, 6.07) is 16.4. The third kappa shape index (κ3) is 13.9. The summed E-state index contributed by atoms with van der Waals surface area (Å²) in [5.41, 5.74) is 0.659. The van der Waals surface area contributed by atoms with E-state index in [1.165, 1.54) is 100 Å². The summed E-state index contributed by atoms with van der Waals surface area (Å²) in [6.45, 7) is 6.55. The Morgan fingerprint density at radius 3 is 1.63 bits per heavy atom. The van der Waals surface area contributed by atoms with E-state index in [1.807, 2.05) is 6.92 Å². The molecule has 0 aliphatic rings. The van der Waals surface area contributed by atoms with Gasteiger partial charge in [0.25, 0.3) is 0 Å². The van der Waals surface area contributed by atoms with Crippen molar-refractivity contribution in [3.63, 3.8) is 0 Å². The second kappa shape index (κ2) is 21.6. The Bertz CT molecular complexity index is 1490. The quantitative estimate of drug-likeness (QED) is 0.0611. The van der Waals surface area contributed by atoms with E-state index in [9.17, 15) is 19.2 Å². The molecule has 0 N–H and O–H groups in total. The molecule has 0 aromatic heterocycles. The van der Waals surface area contributed by atoms with Crippen LogP contribution in [0.2, 0.25) is 5.02 Å². The monoisotopic (exact) mass is 694 g/mol. The standard InChI is InChI=1S/C39H47ClO9/c1-4-6-8-9-10-11-12-14-25-45-35-24-19-31(27-34(35)40)39(44)49-33-22-17-30(18-23-33)38(43)48-32-20-15-29(16-21-32)37(42)47-28(3)36(41)46-26-13-7-5-2/h15-24,27-28H,4-14,25-26H2,1-3H3/t28-/m0/s1. The first-order valence-corrected chi connectivity index (χ1v) is 17.5. The van der Waals surface area contributed by atoms with Crippen LogP contribution in [0.3, 0.4) is 0 Å². The molecule has 0 radical (unpaired) electrons. The number of halogens is 1. The lowest BCUT2D eigenvalue weighted by molar-refractivity contribution is -0.153. The van der Waals surface area contributed by atoms with Gasteiger partial charge >= 0.3 is 23.9 Å². The molecular formula is C39H47ClO9. The number of hydrogen-bond acceptors (Lipinski definition) is 9. The number of benzene rings is 3. The normalized spacial score (nSPS) is 11.3. The van der Waals surface area contributed by atoms with Crippen molar-refractivity contribution in [2.24, 2.45) is 0 Å². The van der Waals surface area contributed by atoms with Gasteiger partial charge in [-0.1, -0.05) is 83.2 Å². The maximum Gasteiger partial charge on any atom is 0.347 e. The Kier molecular flexibility index (Phi) is 17.2. The first kappa shape index (κ1) is 39.1. The van der Waals surface area contributed by atoms with Gasteiger partial charge in [0, 0.05) is 0 Å². The van der Waals surface area contributed by atoms with E-state index in [2.05, 4.69) is 6.92 Å². The molecule has 0 fully saturated rings. The largest absolute Gasteiger partial charge is 0.492 e. The highest BCUT2D eigenvalue weighted by atomic mass is 35.5. The molecule has 0 bridgehead atoms. The third-order valence-electron chi connectivity index (χ3n) is 7.63. The van der Waals surface area contributed by atoms with Crippen molar-refractivity contribution in [3.8, 4) is 17.2 Å². The molecule has 0 aliphatic carbocycles. The van der Waals surface area contributed by atoms with Crippen LogP contribution in [0.25, 0.3) is 0 Å². The average molecular weight is 695 g/mol. The van der Waals surface area contributed by atoms with Gasteiger partial charge in [0.05, 0.1) is 34.9 Å². The number of ether oxygens (including phenoxy) is 5. The lowest BCUT2D eigenvalue weighted by Gasteiger charge is -2.13. The fraction of sp³-hybridized carbons (Fsp3) is 0.436. The summed E-state index contributed by atoms with van der Waals surface area (Å²) >= 11 is 6.36. The molecule has 10 heteroatoms. The highest BCUT2D eigenvalue weighted by Gasteiger charge is 2.21. The second-order valence-electron chi connectivity index (χ2n) is 11.7. The Hall–Kier alpha value is -4.37. The van der Waals surface area contributed by atoms with Crippen LogP contribution in [0, 0.1) is 0 Å². The van der Waals surface area contributed by atoms with Crippen molar-refractivity contribution in [2.75, 3.05) is 13.2 Å². The molecule has 3 rings (SSSR count). The minimum Gasteiger partial charge on any atom is -0.492 e. The van der Waals surface area contributed by atoms with Crippen LogP contribution < -0.4 is 14.2 Å². The molecule has 0 aliphatic heterocycles. The molecule has 264 valence electrons. The Labute approximate surface area is 294 Å². The molecule has 0 heterocycles. The molecule has 3 aromatic carbocycles. The molecule has 3 aromatic rings. The van der Waals surface area contributed by atoms with Gasteiger partial charge in [-0.05, 0) is 86.5 Å². The molecule has 9 nitrogen and oxygen atoms in total. The highest BCUT2D eigenvalue weighted by Crippen LogP contribution is 2.27. The summed E-state index contributed by atoms with van der Waals surface area (Å²) in [6.07, 6.45) is 11.3. The zero-order chi connectivity index (χ0) is 35.4. The molecule has 0 amide bonds. The number of rotatable bonds is 21. The van der Waals surface area contributed by atoms with Crippen molar-refractivity contribution in [2.45, 2.75) is 97.5 Å². The van der Waals surface area contributed by atoms with Gasteiger partial charge in [-0.15, -0.1) is 0 Å². The van der Waals surface area contributed by atoms with Gasteiger partial charge in [0.2, 0.25) is 0 Å². The lowest BCUT2D eigenvalue weighted by atomic mass is 10.1. The summed E-state index contributed by atoms with van der Waals surface area (Å²) in [5.74, 6) is -1.63. The SMILES string of the molecule is CCCCCCCCCCOc1ccc(C(=O)Oc2ccc(C(=O)Oc3ccc(C(=O)O[C@@H](C)C(=O)OCCCCC)cc3)cc2)cc1Cl. The Morgan fingerprint density at radius 2 is 1.06 bits per heavy atom. The van der Waals surface area contributed by atoms with Crippen LogP contribution in [-0.4, -0.2) is 43.2 Å². The fourth-order valence-electron chi connectivity index (χ4n) is 4.73. The Morgan fingerprint density at radius 1 is 0.592 bits per heavy atom. The van der Waals surface area contributed by atoms with Gasteiger partial charge in [-0.25, -0.2) is 19.2 Å². The van der Waals surface area contributed by atoms with Crippen LogP contribution in [-0.2, 0) is 14.3 Å². The zero-order valence-electron chi connectivity index (χ0n) is 28.7. The molecular weight excluding hydrogens is 648 g/mol. The number of carbonyl (C=O) groups excluding carboxylic acids is 4. The van der Waals surface area contributed by atoms with Crippen LogP contribution in [0.15, 0.2) is 66.7 Å². The smallest absolute Gasteiger partial charge is 0.347 e. The summed E-state index contributed by atoms with van der Waals surface area (Å²) in [5, 5.41) is 0.324. The average Bonchev–Trinajstić information content (AvgIpc) is 3.10. The summed E-state index contributed by atoms with van der Waals surface area (Å²) < 4.78 is 27.0. The van der Waals surface area contributed by atoms with E-state index in [0.29, 0.717) is 17.4 Å². The molecule has 1 atom stereocenters. The van der Waals surface area contributed by atoms with Gasteiger partial charge < -0.3 is 23.7 Å². The summed E-state index contributed by atoms with van der Waals surface area (Å²) in [4.78, 5) is 49.9. The van der Waals surface area contributed by atoms with Crippen molar-refractivity contribution >= 4 is 35.5 Å². The number of carbonyl (C=O) groups is 4. The first-order chi connectivity index (χ1) is 23.7. The van der Waals surface area contributed by atoms with Gasteiger partial charge in [0.1, 0.15) is 17.2 Å². The minimum atomic E-state index is -1.05. The molecule has 0 unspecified atom stereocenters. The van der Waals surface area contributed by atoms with Crippen LogP contribution >= 0.6 is 11.6 Å². The van der Waals surface area contributed by atoms with E-state index >= 15 is 0 Å². The predicted molar refractivity (Wildman–Crippen MR) is 188 cm³/mol. The first-order valence-electron chi connectivity index (χ1n) is 17.2. The van der Waals surface area contributed by atoms with Crippen LogP contribution in [0.1, 0.15) is 122 Å². The van der Waals surface area contributed by atoms with Gasteiger partial charge in [0.15, 0.2) is 6.10 Å². The van der Waals surface area contributed by atoms with Crippen LogP contribution in [0.4, 0.5) is 0 Å². The number of hydrogen-bond donors (Lipinski definition) is 0. The van der Waals surface area contributed by atoms with Crippen molar-refractivity contribution < 1.29 is 42.9 Å². The minimum absolute atomic E-state index is 0.179. The Balaban J connectivity index is 1.42. The molecule has 0 saturated heterocycles. The number of esters is 4. The van der Waals surface area contributed by atoms with Gasteiger partial charge in [-0.3, -0.25) is 0 Å². The van der Waals surface area contributed by atoms with E-state index < -0.39 is 30.0 Å². The maximum atomic E-state index is 12.7. The van der Waals surface area contributed by atoms with Crippen molar-refractivity contribution in [1.82, 2.24) is 0 Å². The zero-order valence-corrected chi connectivity index (χ0v) is 29.4. The van der Waals surface area contributed by atoms with Gasteiger partial charge in [-0.2, -0.15) is 0 Å². The van der Waals surface area contributed by atoms with E-state index in [1.54, 1.807) is 12.1 Å². The van der Waals surface area contributed by atoms with E-state index in [4.69, 9.17) is 35.3 Å². The molecule has 0 spiro atoms. The fourth-order valence-corrected chi connectivity index (χ4v) is 4.97. The topological polar surface area (TPSA) is 114 Å². The molecule has 0 saturated carbocycles. The number of unbranched alkanes of at least 4 members (excludes halogenated alkanes) is 9. The van der Waals surface area contributed by atoms with E-state index in [0.717, 1.165) is 32.1 Å². The predicted octanol–water partition coefficient (Wildman–Crippen LogP) is 9.58. The molecule has 49 heavy (non-hydrogen) atoms. The maximum absolute atomic E-state index is 12.7. The highest BCUT2D eigenvalue weighted by molar-refractivity contribution is 6.32. The second-order valence-corrected chi connectivity index (χ2v) is 12.1. The van der Waals surface area contributed by atoms with Crippen molar-refractivity contribution in [1.29, 1.82) is 0 Å². The van der Waals surface area contributed by atoms with Crippen molar-refractivity contribution in [3.05, 3.63) is 88.4 Å².